The molecule has 0 radical (unpaired) electrons. The third-order valence-electron chi connectivity index (χ3n) is 4.65. The standard InChI is InChI=1S/C23H20ClN5OS/c1-15-7-8-20(16(2)13-15)29-22(17-9-11-25-12-10-17)27-28-23(29)31-14-21(30)26-19-6-4-3-5-18(19)24/h3-13H,14H2,1-2H3,(H,26,30). The SMILES string of the molecule is Cc1ccc(-n2c(SCC(=O)Nc3ccccc3Cl)nnc2-c2ccncc2)c(C)c1. The molecule has 8 heteroatoms. The van der Waals surface area contributed by atoms with E-state index in [0.717, 1.165) is 16.8 Å². The van der Waals surface area contributed by atoms with Gasteiger partial charge in [-0.1, -0.05) is 53.2 Å². The minimum Gasteiger partial charge on any atom is -0.324 e. The predicted octanol–water partition coefficient (Wildman–Crippen LogP) is 5.33. The molecule has 2 heterocycles. The van der Waals surface area contributed by atoms with Crippen LogP contribution >= 0.6 is 23.4 Å². The van der Waals surface area contributed by atoms with E-state index in [2.05, 4.69) is 46.5 Å². The molecule has 0 unspecified atom stereocenters. The summed E-state index contributed by atoms with van der Waals surface area (Å²) in [4.78, 5) is 16.6. The number of amides is 1. The first-order valence-electron chi connectivity index (χ1n) is 9.63. The lowest BCUT2D eigenvalue weighted by molar-refractivity contribution is -0.113. The van der Waals surface area contributed by atoms with Gasteiger partial charge in [0, 0.05) is 18.0 Å². The van der Waals surface area contributed by atoms with Crippen LogP contribution in [0.3, 0.4) is 0 Å². The number of nitrogens with zero attached hydrogens (tertiary/aromatic N) is 4. The lowest BCUT2D eigenvalue weighted by Gasteiger charge is -2.13. The van der Waals surface area contributed by atoms with Crippen LogP contribution in [0.15, 0.2) is 72.1 Å². The van der Waals surface area contributed by atoms with E-state index >= 15 is 0 Å². The van der Waals surface area contributed by atoms with E-state index in [-0.39, 0.29) is 11.7 Å². The molecule has 6 nitrogen and oxygen atoms in total. The quantitative estimate of drug-likeness (QED) is 0.403. The summed E-state index contributed by atoms with van der Waals surface area (Å²) in [6, 6.07) is 17.2. The highest BCUT2D eigenvalue weighted by Crippen LogP contribution is 2.30. The minimum atomic E-state index is -0.168. The molecule has 0 fully saturated rings. The van der Waals surface area contributed by atoms with Gasteiger partial charge in [0.1, 0.15) is 0 Å². The highest BCUT2D eigenvalue weighted by Gasteiger charge is 2.19. The molecule has 0 spiro atoms. The number of hydrogen-bond donors (Lipinski definition) is 1. The van der Waals surface area contributed by atoms with Crippen LogP contribution in [0.1, 0.15) is 11.1 Å². The average molecular weight is 450 g/mol. The molecule has 1 N–H and O–H groups in total. The zero-order chi connectivity index (χ0) is 21.8. The van der Waals surface area contributed by atoms with Gasteiger partial charge in [-0.25, -0.2) is 0 Å². The first-order valence-corrected chi connectivity index (χ1v) is 11.0. The Hall–Kier alpha value is -3.16. The first-order chi connectivity index (χ1) is 15.0. The van der Waals surface area contributed by atoms with Crippen LogP contribution in [0.5, 0.6) is 0 Å². The number of halogens is 1. The van der Waals surface area contributed by atoms with Crippen LogP contribution < -0.4 is 5.32 Å². The van der Waals surface area contributed by atoms with Gasteiger partial charge in [-0.3, -0.25) is 14.3 Å². The summed E-state index contributed by atoms with van der Waals surface area (Å²) in [5.74, 6) is 0.701. The van der Waals surface area contributed by atoms with E-state index in [1.807, 2.05) is 34.9 Å². The third kappa shape index (κ3) is 4.78. The van der Waals surface area contributed by atoms with Gasteiger partial charge in [-0.2, -0.15) is 0 Å². The molecule has 1 amide bonds. The summed E-state index contributed by atoms with van der Waals surface area (Å²) in [7, 11) is 0. The van der Waals surface area contributed by atoms with Gasteiger partial charge in [0.15, 0.2) is 11.0 Å². The number of carbonyl (C=O) groups excluding carboxylic acids is 1. The summed E-state index contributed by atoms with van der Waals surface area (Å²) < 4.78 is 1.98. The van der Waals surface area contributed by atoms with Crippen LogP contribution in [-0.2, 0) is 4.79 Å². The molecule has 2 aromatic heterocycles. The second kappa shape index (κ2) is 9.32. The Morgan fingerprint density at radius 3 is 2.58 bits per heavy atom. The highest BCUT2D eigenvalue weighted by atomic mass is 35.5. The number of para-hydroxylation sites is 1. The van der Waals surface area contributed by atoms with Crippen molar-refractivity contribution in [2.45, 2.75) is 19.0 Å². The Labute approximate surface area is 189 Å². The Morgan fingerprint density at radius 2 is 1.84 bits per heavy atom. The number of nitrogens with one attached hydrogen (secondary N) is 1. The second-order valence-corrected chi connectivity index (χ2v) is 8.33. The van der Waals surface area contributed by atoms with Crippen molar-refractivity contribution >= 4 is 35.0 Å². The lowest BCUT2D eigenvalue weighted by atomic mass is 10.1. The predicted molar refractivity (Wildman–Crippen MR) is 125 cm³/mol. The zero-order valence-corrected chi connectivity index (χ0v) is 18.6. The molecule has 156 valence electrons. The molecule has 2 aromatic carbocycles. The van der Waals surface area contributed by atoms with Crippen LogP contribution in [0, 0.1) is 13.8 Å². The van der Waals surface area contributed by atoms with Crippen molar-refractivity contribution in [2.24, 2.45) is 0 Å². The number of hydrogen-bond acceptors (Lipinski definition) is 5. The maximum absolute atomic E-state index is 12.5. The number of carbonyl (C=O) groups is 1. The van der Waals surface area contributed by atoms with Crippen molar-refractivity contribution in [3.05, 3.63) is 83.1 Å². The molecule has 0 saturated carbocycles. The molecular weight excluding hydrogens is 430 g/mol. The number of aryl methyl sites for hydroxylation is 2. The molecule has 0 aliphatic carbocycles. The monoisotopic (exact) mass is 449 g/mol. The van der Waals surface area contributed by atoms with Gasteiger partial charge >= 0.3 is 0 Å². The van der Waals surface area contributed by atoms with E-state index in [9.17, 15) is 4.79 Å². The smallest absolute Gasteiger partial charge is 0.234 e. The van der Waals surface area contributed by atoms with Crippen molar-refractivity contribution in [1.82, 2.24) is 19.7 Å². The van der Waals surface area contributed by atoms with Gasteiger partial charge in [-0.15, -0.1) is 10.2 Å². The van der Waals surface area contributed by atoms with Gasteiger partial charge in [-0.05, 0) is 49.7 Å². The van der Waals surface area contributed by atoms with E-state index < -0.39 is 0 Å². The van der Waals surface area contributed by atoms with Crippen molar-refractivity contribution in [2.75, 3.05) is 11.1 Å². The Bertz CT molecular complexity index is 1230. The third-order valence-corrected chi connectivity index (χ3v) is 5.90. The Kier molecular flexibility index (Phi) is 6.34. The van der Waals surface area contributed by atoms with Crippen molar-refractivity contribution in [3.63, 3.8) is 0 Å². The van der Waals surface area contributed by atoms with E-state index in [0.29, 0.717) is 21.7 Å². The van der Waals surface area contributed by atoms with Crippen LogP contribution in [0.25, 0.3) is 17.1 Å². The van der Waals surface area contributed by atoms with Crippen LogP contribution in [0.4, 0.5) is 5.69 Å². The Morgan fingerprint density at radius 1 is 1.06 bits per heavy atom. The fraction of sp³-hybridized carbons (Fsp3) is 0.130. The summed E-state index contributed by atoms with van der Waals surface area (Å²) in [5, 5.41) is 12.8. The first kappa shape index (κ1) is 21.1. The van der Waals surface area contributed by atoms with E-state index in [1.54, 1.807) is 24.5 Å². The average Bonchev–Trinajstić information content (AvgIpc) is 3.18. The minimum absolute atomic E-state index is 0.168. The maximum atomic E-state index is 12.5. The van der Waals surface area contributed by atoms with Gasteiger partial charge < -0.3 is 5.32 Å². The molecule has 0 aliphatic rings. The number of pyridine rings is 1. The molecule has 0 aliphatic heterocycles. The summed E-state index contributed by atoms with van der Waals surface area (Å²) in [5.41, 5.74) is 4.72. The van der Waals surface area contributed by atoms with Crippen molar-refractivity contribution in [1.29, 1.82) is 0 Å². The lowest BCUT2D eigenvalue weighted by Crippen LogP contribution is -2.15. The normalized spacial score (nSPS) is 10.8. The molecule has 31 heavy (non-hydrogen) atoms. The number of benzene rings is 2. The Balaban J connectivity index is 1.64. The molecule has 0 atom stereocenters. The van der Waals surface area contributed by atoms with Gasteiger partial charge in [0.05, 0.1) is 22.2 Å². The zero-order valence-electron chi connectivity index (χ0n) is 17.0. The number of thioether (sulfide) groups is 1. The molecule has 4 aromatic rings. The van der Waals surface area contributed by atoms with Crippen molar-refractivity contribution < 1.29 is 4.79 Å². The van der Waals surface area contributed by atoms with Crippen LogP contribution in [0.2, 0.25) is 5.02 Å². The fourth-order valence-corrected chi connectivity index (χ4v) is 4.13. The highest BCUT2D eigenvalue weighted by molar-refractivity contribution is 7.99. The summed E-state index contributed by atoms with van der Waals surface area (Å²) in [6.07, 6.45) is 3.44. The number of anilines is 1. The largest absolute Gasteiger partial charge is 0.324 e. The fourth-order valence-electron chi connectivity index (χ4n) is 3.20. The number of aromatic nitrogens is 4. The van der Waals surface area contributed by atoms with Crippen LogP contribution in [-0.4, -0.2) is 31.4 Å². The molecule has 0 saturated heterocycles. The second-order valence-electron chi connectivity index (χ2n) is 6.98. The molecule has 4 rings (SSSR count). The summed E-state index contributed by atoms with van der Waals surface area (Å²) >= 11 is 7.46. The van der Waals surface area contributed by atoms with Gasteiger partial charge in [0.2, 0.25) is 5.91 Å². The molecular formula is C23H20ClN5OS. The number of rotatable bonds is 6. The summed E-state index contributed by atoms with van der Waals surface area (Å²) in [6.45, 7) is 4.11. The van der Waals surface area contributed by atoms with E-state index in [4.69, 9.17) is 11.6 Å². The van der Waals surface area contributed by atoms with Crippen molar-refractivity contribution in [3.8, 4) is 17.1 Å². The van der Waals surface area contributed by atoms with Gasteiger partial charge in [0.25, 0.3) is 0 Å². The van der Waals surface area contributed by atoms with E-state index in [1.165, 1.54) is 17.3 Å². The molecule has 0 bridgehead atoms. The topological polar surface area (TPSA) is 72.7 Å². The maximum Gasteiger partial charge on any atom is 0.234 e.